The van der Waals surface area contributed by atoms with Gasteiger partial charge in [0.25, 0.3) is 0 Å². The number of hydrogen-bond acceptors (Lipinski definition) is 6. The third-order valence-corrected chi connectivity index (χ3v) is 9.01. The average molecular weight is 652 g/mol. The zero-order valence-corrected chi connectivity index (χ0v) is 27.2. The summed E-state index contributed by atoms with van der Waals surface area (Å²) in [6.45, 7) is 0.223. The van der Waals surface area contributed by atoms with Crippen LogP contribution >= 0.6 is 0 Å². The molecule has 0 aliphatic carbocycles. The van der Waals surface area contributed by atoms with Crippen molar-refractivity contribution in [2.24, 2.45) is 0 Å². The van der Waals surface area contributed by atoms with Gasteiger partial charge in [-0.15, -0.1) is 15.0 Å². The number of ether oxygens (including phenoxy) is 1. The van der Waals surface area contributed by atoms with Crippen LogP contribution in [0.2, 0.25) is 0 Å². The second-order valence-electron chi connectivity index (χ2n) is 12.0. The van der Waals surface area contributed by atoms with Gasteiger partial charge in [0.05, 0.1) is 17.8 Å². The van der Waals surface area contributed by atoms with Gasteiger partial charge in [0, 0.05) is 17.0 Å². The summed E-state index contributed by atoms with van der Waals surface area (Å²) < 4.78 is 6.25. The van der Waals surface area contributed by atoms with E-state index in [0.717, 1.165) is 49.8 Å². The lowest BCUT2D eigenvalue weighted by Gasteiger charge is -2.34. The molecule has 0 fully saturated rings. The van der Waals surface area contributed by atoms with Gasteiger partial charge in [0.15, 0.2) is 5.54 Å². The van der Waals surface area contributed by atoms with E-state index in [1.165, 1.54) is 0 Å². The summed E-state index contributed by atoms with van der Waals surface area (Å²) >= 11 is 0. The molecule has 0 radical (unpaired) electrons. The number of pyridine rings is 1. The largest absolute Gasteiger partial charge is 0.488 e. The highest BCUT2D eigenvalue weighted by atomic mass is 16.5. The number of fused-ring (bicyclic) bond motifs is 1. The fourth-order valence-corrected chi connectivity index (χ4v) is 6.62. The van der Waals surface area contributed by atoms with Gasteiger partial charge in [0.1, 0.15) is 12.4 Å². The second kappa shape index (κ2) is 13.6. The Kier molecular flexibility index (Phi) is 8.39. The van der Waals surface area contributed by atoms with E-state index in [0.29, 0.717) is 23.9 Å². The Morgan fingerprint density at radius 2 is 1.16 bits per heavy atom. The molecule has 8 aromatic rings. The van der Waals surface area contributed by atoms with Crippen LogP contribution in [0.1, 0.15) is 27.9 Å². The van der Waals surface area contributed by atoms with Crippen LogP contribution in [0.5, 0.6) is 5.75 Å². The van der Waals surface area contributed by atoms with E-state index in [1.807, 2.05) is 97.1 Å². The van der Waals surface area contributed by atoms with E-state index >= 15 is 0 Å². The van der Waals surface area contributed by atoms with Gasteiger partial charge in [0.2, 0.25) is 5.82 Å². The summed E-state index contributed by atoms with van der Waals surface area (Å²) in [6.07, 6.45) is 0. The van der Waals surface area contributed by atoms with Crippen LogP contribution in [0.15, 0.2) is 170 Å². The van der Waals surface area contributed by atoms with Crippen molar-refractivity contribution < 1.29 is 9.84 Å². The van der Waals surface area contributed by atoms with Crippen LogP contribution in [0.4, 0.5) is 0 Å². The maximum atomic E-state index is 9.72. The van der Waals surface area contributed by atoms with Gasteiger partial charge in [-0.3, -0.25) is 4.98 Å². The molecule has 0 atom stereocenters. The lowest BCUT2D eigenvalue weighted by atomic mass is 9.77. The van der Waals surface area contributed by atoms with Crippen LogP contribution in [0.3, 0.4) is 0 Å². The normalized spacial score (nSPS) is 11.5. The third-order valence-electron chi connectivity index (χ3n) is 9.01. The molecule has 7 nitrogen and oxygen atoms in total. The van der Waals surface area contributed by atoms with Crippen molar-refractivity contribution in [1.82, 2.24) is 25.2 Å². The highest BCUT2D eigenvalue weighted by Crippen LogP contribution is 2.40. The molecule has 242 valence electrons. The summed E-state index contributed by atoms with van der Waals surface area (Å²) in [6, 6.07) is 57.1. The molecule has 2 aromatic heterocycles. The molecule has 0 saturated carbocycles. The smallest absolute Gasteiger partial charge is 0.205 e. The average Bonchev–Trinajstić information content (AvgIpc) is 3.69. The van der Waals surface area contributed by atoms with Crippen molar-refractivity contribution in [3.8, 4) is 28.3 Å². The molecule has 6 aromatic carbocycles. The molecular formula is C43H33N5O2. The number of aromatic nitrogens is 5. The molecule has 8 rings (SSSR count). The Morgan fingerprint density at radius 1 is 0.600 bits per heavy atom. The highest BCUT2D eigenvalue weighted by Gasteiger charge is 2.41. The van der Waals surface area contributed by atoms with E-state index in [4.69, 9.17) is 20.1 Å². The molecule has 1 N–H and O–H groups in total. The van der Waals surface area contributed by atoms with Crippen LogP contribution < -0.4 is 4.74 Å². The lowest BCUT2D eigenvalue weighted by Crippen LogP contribution is -2.39. The molecular weight excluding hydrogens is 619 g/mol. The number of hydrogen-bond donors (Lipinski definition) is 1. The summed E-state index contributed by atoms with van der Waals surface area (Å²) in [7, 11) is 0. The molecule has 7 heteroatoms. The summed E-state index contributed by atoms with van der Waals surface area (Å²) in [5, 5.41) is 25.2. The van der Waals surface area contributed by atoms with Crippen molar-refractivity contribution in [1.29, 1.82) is 0 Å². The molecule has 0 unspecified atom stereocenters. The molecule has 0 bridgehead atoms. The predicted molar refractivity (Wildman–Crippen MR) is 195 cm³/mol. The van der Waals surface area contributed by atoms with E-state index in [2.05, 4.69) is 71.7 Å². The van der Waals surface area contributed by atoms with E-state index < -0.39 is 5.54 Å². The topological polar surface area (TPSA) is 86.0 Å². The van der Waals surface area contributed by atoms with Crippen molar-refractivity contribution in [2.45, 2.75) is 18.8 Å². The van der Waals surface area contributed by atoms with Crippen molar-refractivity contribution in [2.75, 3.05) is 0 Å². The molecule has 50 heavy (non-hydrogen) atoms. The molecule has 0 aliphatic rings. The van der Waals surface area contributed by atoms with Crippen LogP contribution in [0, 0.1) is 0 Å². The SMILES string of the molecule is OCc1cc(OCc2ccc(-c3ccccc3-c3nnn(C(c4ccccc4)(c4ccccc4)c4ccccc4)n3)cc2)c2ccccc2n1. The number of aliphatic hydroxyl groups is 1. The third kappa shape index (κ3) is 5.70. The monoisotopic (exact) mass is 651 g/mol. The Balaban J connectivity index is 1.14. The van der Waals surface area contributed by atoms with Crippen molar-refractivity contribution in [3.63, 3.8) is 0 Å². The molecule has 0 saturated heterocycles. The number of tetrazole rings is 1. The number of para-hydroxylation sites is 1. The Morgan fingerprint density at radius 3 is 1.78 bits per heavy atom. The lowest BCUT2D eigenvalue weighted by molar-refractivity contribution is 0.274. The van der Waals surface area contributed by atoms with Gasteiger partial charge < -0.3 is 9.84 Å². The predicted octanol–water partition coefficient (Wildman–Crippen LogP) is 8.47. The van der Waals surface area contributed by atoms with Gasteiger partial charge in [-0.2, -0.15) is 0 Å². The Bertz CT molecular complexity index is 2260. The first-order valence-electron chi connectivity index (χ1n) is 16.5. The minimum Gasteiger partial charge on any atom is -0.488 e. The summed E-state index contributed by atoms with van der Waals surface area (Å²) in [4.78, 5) is 6.26. The first-order chi connectivity index (χ1) is 24.7. The Hall–Kier alpha value is -6.44. The van der Waals surface area contributed by atoms with Gasteiger partial charge in [-0.25, -0.2) is 0 Å². The highest BCUT2D eigenvalue weighted by molar-refractivity contribution is 5.85. The summed E-state index contributed by atoms with van der Waals surface area (Å²) in [5.41, 5.74) is 7.51. The van der Waals surface area contributed by atoms with Crippen molar-refractivity contribution >= 4 is 10.9 Å². The van der Waals surface area contributed by atoms with E-state index in [9.17, 15) is 5.11 Å². The zero-order chi connectivity index (χ0) is 33.8. The maximum absolute atomic E-state index is 9.72. The quantitative estimate of drug-likeness (QED) is 0.149. The first-order valence-corrected chi connectivity index (χ1v) is 16.5. The molecule has 0 amide bonds. The fraction of sp³-hybridized carbons (Fsp3) is 0.0698. The van der Waals surface area contributed by atoms with Crippen LogP contribution in [0.25, 0.3) is 33.4 Å². The molecule has 0 aliphatic heterocycles. The standard InChI is InChI=1S/C43H33N5O2/c49-29-36-28-41(39-22-12-13-23-40(39)44-36)50-30-31-24-26-32(27-25-31)37-20-10-11-21-38(37)42-45-47-48(46-42)43(33-14-4-1-5-15-33,34-16-6-2-7-17-34)35-18-8-3-9-19-35/h1-28,49H,29-30H2. The van der Waals surface area contributed by atoms with Crippen LogP contribution in [-0.4, -0.2) is 30.3 Å². The minimum absolute atomic E-state index is 0.149. The number of aliphatic hydroxyl groups excluding tert-OH is 1. The van der Waals surface area contributed by atoms with Gasteiger partial charge in [-0.05, 0) is 50.7 Å². The maximum Gasteiger partial charge on any atom is 0.205 e. The number of nitrogens with zero attached hydrogens (tertiary/aromatic N) is 5. The fourth-order valence-electron chi connectivity index (χ4n) is 6.62. The zero-order valence-electron chi connectivity index (χ0n) is 27.2. The summed E-state index contributed by atoms with van der Waals surface area (Å²) in [5.74, 6) is 1.23. The second-order valence-corrected chi connectivity index (χ2v) is 12.0. The molecule has 0 spiro atoms. The first kappa shape index (κ1) is 30.9. The van der Waals surface area contributed by atoms with E-state index in [1.54, 1.807) is 10.9 Å². The minimum atomic E-state index is -0.857. The molecule has 2 heterocycles. The van der Waals surface area contributed by atoms with Crippen molar-refractivity contribution in [3.05, 3.63) is 198 Å². The van der Waals surface area contributed by atoms with Gasteiger partial charge >= 0.3 is 0 Å². The van der Waals surface area contributed by atoms with Crippen LogP contribution in [-0.2, 0) is 18.8 Å². The Labute approximate surface area is 290 Å². The number of rotatable bonds is 10. The van der Waals surface area contributed by atoms with E-state index in [-0.39, 0.29) is 6.61 Å². The van der Waals surface area contributed by atoms with Gasteiger partial charge in [-0.1, -0.05) is 152 Å². The number of benzene rings is 6.